The van der Waals surface area contributed by atoms with Crippen molar-refractivity contribution in [3.63, 3.8) is 0 Å². The summed E-state index contributed by atoms with van der Waals surface area (Å²) >= 11 is 0. The number of hydrogen-bond acceptors (Lipinski definition) is 5. The number of carbonyl (C=O) groups excluding carboxylic acids is 2. The van der Waals surface area contributed by atoms with Crippen LogP contribution in [-0.2, 0) is 20.9 Å². The fourth-order valence-electron chi connectivity index (χ4n) is 4.26. The zero-order chi connectivity index (χ0) is 19.8. The third-order valence-electron chi connectivity index (χ3n) is 5.86. The summed E-state index contributed by atoms with van der Waals surface area (Å²) in [5, 5.41) is 0. The number of nitrogens with zero attached hydrogens (tertiary/aromatic N) is 4. The molecule has 7 heteroatoms. The third-order valence-corrected chi connectivity index (χ3v) is 5.86. The highest BCUT2D eigenvalue weighted by Gasteiger charge is 2.27. The standard InChI is InChI=1S/C21H32N4O3/c1-17(26)25(14-18-12-22-16-23-13-18)19-6-5-10-24(11-9-19)21(27)15-28-20-7-3-2-4-8-20/h12-13,16,19-20H,2-11,14-15H2,1H3. The lowest BCUT2D eigenvalue weighted by Crippen LogP contribution is -2.40. The van der Waals surface area contributed by atoms with Crippen LogP contribution in [0.5, 0.6) is 0 Å². The van der Waals surface area contributed by atoms with Crippen LogP contribution in [-0.4, -0.2) is 63.4 Å². The van der Waals surface area contributed by atoms with E-state index in [4.69, 9.17) is 4.74 Å². The largest absolute Gasteiger partial charge is 0.368 e. The summed E-state index contributed by atoms with van der Waals surface area (Å²) in [7, 11) is 0. The van der Waals surface area contributed by atoms with E-state index in [9.17, 15) is 9.59 Å². The Morgan fingerprint density at radius 2 is 1.82 bits per heavy atom. The molecule has 2 amide bonds. The number of hydrogen-bond donors (Lipinski definition) is 0. The molecule has 3 rings (SSSR count). The molecule has 1 aliphatic heterocycles. The van der Waals surface area contributed by atoms with E-state index >= 15 is 0 Å². The van der Waals surface area contributed by atoms with Crippen LogP contribution < -0.4 is 0 Å². The number of aromatic nitrogens is 2. The average molecular weight is 389 g/mol. The lowest BCUT2D eigenvalue weighted by Gasteiger charge is -2.30. The maximum atomic E-state index is 12.6. The van der Waals surface area contributed by atoms with Gasteiger partial charge in [0.25, 0.3) is 0 Å². The summed E-state index contributed by atoms with van der Waals surface area (Å²) in [5.41, 5.74) is 0.927. The molecule has 2 fully saturated rings. The zero-order valence-electron chi connectivity index (χ0n) is 16.9. The predicted octanol–water partition coefficient (Wildman–Crippen LogP) is 2.56. The minimum Gasteiger partial charge on any atom is -0.368 e. The van der Waals surface area contributed by atoms with Crippen molar-refractivity contribution in [3.05, 3.63) is 24.3 Å². The Kier molecular flexibility index (Phi) is 7.77. The van der Waals surface area contributed by atoms with Crippen LogP contribution in [0, 0.1) is 0 Å². The van der Waals surface area contributed by atoms with E-state index in [0.29, 0.717) is 13.1 Å². The van der Waals surface area contributed by atoms with E-state index in [0.717, 1.165) is 44.2 Å². The summed E-state index contributed by atoms with van der Waals surface area (Å²) in [5.74, 6) is 0.131. The molecular weight excluding hydrogens is 356 g/mol. The molecule has 7 nitrogen and oxygen atoms in total. The van der Waals surface area contributed by atoms with Gasteiger partial charge in [0.15, 0.2) is 0 Å². The van der Waals surface area contributed by atoms with E-state index in [1.54, 1.807) is 19.3 Å². The monoisotopic (exact) mass is 388 g/mol. The molecule has 0 N–H and O–H groups in total. The van der Waals surface area contributed by atoms with Gasteiger partial charge in [-0.1, -0.05) is 19.3 Å². The third kappa shape index (κ3) is 5.99. The maximum Gasteiger partial charge on any atom is 0.248 e. The molecule has 2 heterocycles. The van der Waals surface area contributed by atoms with Gasteiger partial charge in [-0.2, -0.15) is 0 Å². The van der Waals surface area contributed by atoms with Gasteiger partial charge in [0.2, 0.25) is 11.8 Å². The highest BCUT2D eigenvalue weighted by Crippen LogP contribution is 2.22. The van der Waals surface area contributed by atoms with Gasteiger partial charge < -0.3 is 14.5 Å². The fourth-order valence-corrected chi connectivity index (χ4v) is 4.26. The molecule has 1 aromatic heterocycles. The van der Waals surface area contributed by atoms with Crippen LogP contribution in [0.25, 0.3) is 0 Å². The van der Waals surface area contributed by atoms with Crippen LogP contribution in [0.3, 0.4) is 0 Å². The van der Waals surface area contributed by atoms with Gasteiger partial charge >= 0.3 is 0 Å². The first-order valence-corrected chi connectivity index (χ1v) is 10.5. The van der Waals surface area contributed by atoms with Gasteiger partial charge in [0.1, 0.15) is 12.9 Å². The zero-order valence-corrected chi connectivity index (χ0v) is 16.9. The molecule has 1 saturated carbocycles. The molecule has 154 valence electrons. The van der Waals surface area contributed by atoms with Crippen molar-refractivity contribution in [1.29, 1.82) is 0 Å². The summed E-state index contributed by atoms with van der Waals surface area (Å²) in [6, 6.07) is 0.134. The molecule has 1 unspecified atom stereocenters. The van der Waals surface area contributed by atoms with E-state index in [1.165, 1.54) is 25.6 Å². The van der Waals surface area contributed by atoms with Crippen LogP contribution >= 0.6 is 0 Å². The quantitative estimate of drug-likeness (QED) is 0.749. The van der Waals surface area contributed by atoms with Gasteiger partial charge in [0, 0.05) is 50.6 Å². The van der Waals surface area contributed by atoms with Gasteiger partial charge in [0.05, 0.1) is 6.10 Å². The Morgan fingerprint density at radius 3 is 2.54 bits per heavy atom. The summed E-state index contributed by atoms with van der Waals surface area (Å²) in [4.78, 5) is 36.7. The van der Waals surface area contributed by atoms with Crippen molar-refractivity contribution in [1.82, 2.24) is 19.8 Å². The minimum atomic E-state index is 0.0502. The summed E-state index contributed by atoms with van der Waals surface area (Å²) in [6.45, 7) is 3.72. The smallest absolute Gasteiger partial charge is 0.248 e. The maximum absolute atomic E-state index is 12.6. The van der Waals surface area contributed by atoms with E-state index < -0.39 is 0 Å². The highest BCUT2D eigenvalue weighted by atomic mass is 16.5. The minimum absolute atomic E-state index is 0.0502. The van der Waals surface area contributed by atoms with E-state index in [1.807, 2.05) is 9.80 Å². The number of likely N-dealkylation sites (tertiary alicyclic amines) is 1. The first-order chi connectivity index (χ1) is 13.6. The van der Waals surface area contributed by atoms with Crippen molar-refractivity contribution in [2.45, 2.75) is 77.0 Å². The van der Waals surface area contributed by atoms with Crippen molar-refractivity contribution in [3.8, 4) is 0 Å². The molecule has 0 aromatic carbocycles. The van der Waals surface area contributed by atoms with Gasteiger partial charge in [-0.3, -0.25) is 9.59 Å². The first kappa shape index (κ1) is 20.7. The van der Waals surface area contributed by atoms with Crippen molar-refractivity contribution >= 4 is 11.8 Å². The second kappa shape index (κ2) is 10.5. The van der Waals surface area contributed by atoms with E-state index in [-0.39, 0.29) is 30.6 Å². The number of rotatable bonds is 6. The normalized spacial score (nSPS) is 21.2. The molecule has 28 heavy (non-hydrogen) atoms. The molecule has 0 bridgehead atoms. The van der Waals surface area contributed by atoms with Crippen LogP contribution in [0.15, 0.2) is 18.7 Å². The van der Waals surface area contributed by atoms with Crippen molar-refractivity contribution in [2.75, 3.05) is 19.7 Å². The summed E-state index contributed by atoms with van der Waals surface area (Å²) in [6.07, 6.45) is 13.7. The second-order valence-electron chi connectivity index (χ2n) is 7.93. The Labute approximate surface area is 167 Å². The molecule has 0 spiro atoms. The number of carbonyl (C=O) groups is 2. The van der Waals surface area contributed by atoms with Crippen LogP contribution in [0.2, 0.25) is 0 Å². The first-order valence-electron chi connectivity index (χ1n) is 10.5. The Bertz CT molecular complexity index is 634. The lowest BCUT2D eigenvalue weighted by atomic mass is 9.98. The number of ether oxygens (including phenoxy) is 1. The molecule has 2 aliphatic rings. The van der Waals surface area contributed by atoms with Crippen molar-refractivity contribution < 1.29 is 14.3 Å². The molecule has 1 aromatic rings. The Balaban J connectivity index is 1.51. The van der Waals surface area contributed by atoms with Crippen molar-refractivity contribution in [2.24, 2.45) is 0 Å². The SMILES string of the molecule is CC(=O)N(Cc1cncnc1)C1CCCN(C(=O)COC2CCCCC2)CC1. The predicted molar refractivity (Wildman–Crippen MR) is 105 cm³/mol. The van der Waals surface area contributed by atoms with Gasteiger partial charge in [-0.05, 0) is 32.1 Å². The molecule has 1 atom stereocenters. The Morgan fingerprint density at radius 1 is 1.07 bits per heavy atom. The van der Waals surface area contributed by atoms with E-state index in [2.05, 4.69) is 9.97 Å². The average Bonchev–Trinajstić information content (AvgIpc) is 2.98. The topological polar surface area (TPSA) is 75.6 Å². The van der Waals surface area contributed by atoms with Crippen LogP contribution in [0.4, 0.5) is 0 Å². The Hall–Kier alpha value is -2.02. The molecule has 1 saturated heterocycles. The lowest BCUT2D eigenvalue weighted by molar-refractivity contribution is -0.138. The molecule has 1 aliphatic carbocycles. The summed E-state index contributed by atoms with van der Waals surface area (Å²) < 4.78 is 5.86. The van der Waals surface area contributed by atoms with Crippen LogP contribution in [0.1, 0.15) is 63.9 Å². The second-order valence-corrected chi connectivity index (χ2v) is 7.93. The molecular formula is C21H32N4O3. The van der Waals surface area contributed by atoms with Gasteiger partial charge in [-0.25, -0.2) is 9.97 Å². The fraction of sp³-hybridized carbons (Fsp3) is 0.714. The molecule has 0 radical (unpaired) electrons. The highest BCUT2D eigenvalue weighted by molar-refractivity contribution is 5.77. The number of amides is 2. The van der Waals surface area contributed by atoms with Gasteiger partial charge in [-0.15, -0.1) is 0 Å².